The maximum absolute atomic E-state index is 9.05. The summed E-state index contributed by atoms with van der Waals surface area (Å²) >= 11 is 0. The molecule has 1 unspecified atom stereocenters. The Bertz CT molecular complexity index is 774. The van der Waals surface area contributed by atoms with E-state index in [0.717, 1.165) is 31.8 Å². The van der Waals surface area contributed by atoms with Crippen molar-refractivity contribution < 1.29 is 14.2 Å². The topological polar surface area (TPSA) is 51.5 Å². The third kappa shape index (κ3) is 28.6. The van der Waals surface area contributed by atoms with Gasteiger partial charge in [0.2, 0.25) is 0 Å². The summed E-state index contributed by atoms with van der Waals surface area (Å²) in [5.41, 5.74) is 0.648. The fourth-order valence-electron chi connectivity index (χ4n) is 6.12. The maximum atomic E-state index is 9.05. The van der Waals surface area contributed by atoms with Crippen LogP contribution in [-0.4, -0.2) is 32.5 Å². The molecule has 1 aromatic carbocycles. The zero-order valence-electron chi connectivity index (χ0n) is 30.7. The van der Waals surface area contributed by atoms with E-state index in [1.54, 1.807) is 12.1 Å². The van der Waals surface area contributed by atoms with Gasteiger partial charge in [-0.2, -0.15) is 5.26 Å². The zero-order chi connectivity index (χ0) is 33.0. The Morgan fingerprint density at radius 3 is 1.24 bits per heavy atom. The Kier molecular flexibility index (Phi) is 32.1. The Hall–Kier alpha value is -1.57. The first-order chi connectivity index (χ1) is 22.8. The van der Waals surface area contributed by atoms with Gasteiger partial charge in [0, 0.05) is 13.2 Å². The largest absolute Gasteiger partial charge is 0.491 e. The first kappa shape index (κ1) is 42.5. The highest BCUT2D eigenvalue weighted by Crippen LogP contribution is 2.16. The van der Waals surface area contributed by atoms with E-state index in [2.05, 4.69) is 19.9 Å². The molecule has 266 valence electrons. The first-order valence-electron chi connectivity index (χ1n) is 20.1. The van der Waals surface area contributed by atoms with E-state index in [1.165, 1.54) is 167 Å². The highest BCUT2D eigenvalue weighted by molar-refractivity contribution is 5.34. The van der Waals surface area contributed by atoms with Gasteiger partial charge in [-0.05, 0) is 37.1 Å². The number of ether oxygens (including phenoxy) is 3. The van der Waals surface area contributed by atoms with Crippen LogP contribution in [-0.2, 0) is 9.47 Å². The van der Waals surface area contributed by atoms with Gasteiger partial charge in [0.1, 0.15) is 18.5 Å². The van der Waals surface area contributed by atoms with Crippen molar-refractivity contribution in [2.45, 2.75) is 200 Å². The number of benzene rings is 1. The lowest BCUT2D eigenvalue weighted by Crippen LogP contribution is -2.28. The molecular formula is C42H75NO3. The van der Waals surface area contributed by atoms with Crippen LogP contribution >= 0.6 is 0 Å². The molecule has 1 rings (SSSR count). The zero-order valence-corrected chi connectivity index (χ0v) is 30.7. The number of nitriles is 1. The van der Waals surface area contributed by atoms with Crippen molar-refractivity contribution in [2.75, 3.05) is 26.4 Å². The van der Waals surface area contributed by atoms with Crippen molar-refractivity contribution in [3.63, 3.8) is 0 Å². The average molecular weight is 642 g/mol. The SMILES string of the molecule is CCCCCCCCCCCCCCCCOCC(COc1ccc(C#N)cc1)OCCCCCCCCCCCCCCCC. The molecule has 0 N–H and O–H groups in total. The van der Waals surface area contributed by atoms with Gasteiger partial charge in [0.15, 0.2) is 0 Å². The van der Waals surface area contributed by atoms with Gasteiger partial charge < -0.3 is 14.2 Å². The van der Waals surface area contributed by atoms with Gasteiger partial charge >= 0.3 is 0 Å². The molecule has 4 nitrogen and oxygen atoms in total. The van der Waals surface area contributed by atoms with Crippen molar-refractivity contribution in [3.05, 3.63) is 29.8 Å². The van der Waals surface area contributed by atoms with E-state index in [9.17, 15) is 0 Å². The number of nitrogens with zero attached hydrogens (tertiary/aromatic N) is 1. The predicted molar refractivity (Wildman–Crippen MR) is 198 cm³/mol. The summed E-state index contributed by atoms with van der Waals surface area (Å²) in [6.45, 7) is 7.20. The van der Waals surface area contributed by atoms with Gasteiger partial charge in [-0.3, -0.25) is 0 Å². The molecule has 0 spiro atoms. The summed E-state index contributed by atoms with van der Waals surface area (Å²) in [4.78, 5) is 0. The second kappa shape index (κ2) is 34.8. The fraction of sp³-hybridized carbons (Fsp3) is 0.833. The summed E-state index contributed by atoms with van der Waals surface area (Å²) in [7, 11) is 0. The van der Waals surface area contributed by atoms with Crippen LogP contribution in [0.4, 0.5) is 0 Å². The van der Waals surface area contributed by atoms with E-state index in [-0.39, 0.29) is 6.10 Å². The number of hydrogen-bond acceptors (Lipinski definition) is 4. The minimum Gasteiger partial charge on any atom is -0.491 e. The van der Waals surface area contributed by atoms with Crippen LogP contribution in [0.15, 0.2) is 24.3 Å². The maximum Gasteiger partial charge on any atom is 0.119 e. The molecule has 1 atom stereocenters. The van der Waals surface area contributed by atoms with E-state index >= 15 is 0 Å². The van der Waals surface area contributed by atoms with Crippen LogP contribution in [0.1, 0.15) is 199 Å². The molecule has 0 bridgehead atoms. The van der Waals surface area contributed by atoms with Gasteiger partial charge in [-0.25, -0.2) is 0 Å². The van der Waals surface area contributed by atoms with Crippen LogP contribution in [0, 0.1) is 11.3 Å². The highest BCUT2D eigenvalue weighted by atomic mass is 16.6. The van der Waals surface area contributed by atoms with E-state index in [0.29, 0.717) is 18.8 Å². The summed E-state index contributed by atoms with van der Waals surface area (Å²) < 4.78 is 18.3. The third-order valence-electron chi connectivity index (χ3n) is 9.22. The second-order valence-corrected chi connectivity index (χ2v) is 13.7. The molecule has 0 fully saturated rings. The summed E-state index contributed by atoms with van der Waals surface area (Å²) in [6, 6.07) is 9.48. The van der Waals surface area contributed by atoms with Gasteiger partial charge in [-0.15, -0.1) is 0 Å². The Morgan fingerprint density at radius 2 is 0.848 bits per heavy atom. The van der Waals surface area contributed by atoms with Crippen molar-refractivity contribution in [1.29, 1.82) is 5.26 Å². The highest BCUT2D eigenvalue weighted by Gasteiger charge is 2.11. The van der Waals surface area contributed by atoms with Gasteiger partial charge in [-0.1, -0.05) is 181 Å². The van der Waals surface area contributed by atoms with Crippen molar-refractivity contribution in [3.8, 4) is 11.8 Å². The van der Waals surface area contributed by atoms with Crippen LogP contribution < -0.4 is 4.74 Å². The van der Waals surface area contributed by atoms with Crippen molar-refractivity contribution in [1.82, 2.24) is 0 Å². The van der Waals surface area contributed by atoms with Crippen LogP contribution in [0.25, 0.3) is 0 Å². The fourth-order valence-corrected chi connectivity index (χ4v) is 6.12. The third-order valence-corrected chi connectivity index (χ3v) is 9.22. The number of rotatable bonds is 36. The van der Waals surface area contributed by atoms with Crippen LogP contribution in [0.2, 0.25) is 0 Å². The lowest BCUT2D eigenvalue weighted by atomic mass is 10.0. The monoisotopic (exact) mass is 642 g/mol. The summed E-state index contributed by atoms with van der Waals surface area (Å²) in [5, 5.41) is 9.05. The van der Waals surface area contributed by atoms with E-state index in [4.69, 9.17) is 19.5 Å². The summed E-state index contributed by atoms with van der Waals surface area (Å²) in [6.07, 6.45) is 38.2. The molecule has 0 amide bonds. The van der Waals surface area contributed by atoms with E-state index in [1.807, 2.05) is 12.1 Å². The molecule has 1 aromatic rings. The normalized spacial score (nSPS) is 11.9. The van der Waals surface area contributed by atoms with Gasteiger partial charge in [0.05, 0.1) is 18.2 Å². The number of hydrogen-bond donors (Lipinski definition) is 0. The Balaban J connectivity index is 2.09. The standard InChI is InChI=1S/C42H75NO3/c1-3-5-7-9-11-13-15-17-19-21-23-25-27-29-35-44-38-42(39-46-41-33-31-40(37-43)32-34-41)45-36-30-28-26-24-22-20-18-16-14-12-10-8-6-4-2/h31-34,42H,3-30,35-36,38-39H2,1-2H3. The molecule has 0 saturated carbocycles. The van der Waals surface area contributed by atoms with Crippen LogP contribution in [0.5, 0.6) is 5.75 Å². The van der Waals surface area contributed by atoms with E-state index < -0.39 is 0 Å². The molecule has 46 heavy (non-hydrogen) atoms. The molecule has 4 heteroatoms. The van der Waals surface area contributed by atoms with Crippen LogP contribution in [0.3, 0.4) is 0 Å². The summed E-state index contributed by atoms with van der Waals surface area (Å²) in [5.74, 6) is 0.774. The lowest BCUT2D eigenvalue weighted by molar-refractivity contribution is -0.0389. The molecule has 0 saturated heterocycles. The molecular weight excluding hydrogens is 566 g/mol. The molecule has 0 aliphatic carbocycles. The molecule has 0 radical (unpaired) electrons. The molecule has 0 heterocycles. The molecule has 0 aliphatic heterocycles. The van der Waals surface area contributed by atoms with Gasteiger partial charge in [0.25, 0.3) is 0 Å². The molecule has 0 aromatic heterocycles. The van der Waals surface area contributed by atoms with Crippen molar-refractivity contribution >= 4 is 0 Å². The average Bonchev–Trinajstić information content (AvgIpc) is 3.08. The first-order valence-corrected chi connectivity index (χ1v) is 20.1. The number of unbranched alkanes of at least 4 members (excludes halogenated alkanes) is 26. The quantitative estimate of drug-likeness (QED) is 0.0684. The minimum atomic E-state index is -0.0655. The Morgan fingerprint density at radius 1 is 0.478 bits per heavy atom. The smallest absolute Gasteiger partial charge is 0.119 e. The predicted octanol–water partition coefficient (Wildman–Crippen LogP) is 13.3. The molecule has 0 aliphatic rings. The van der Waals surface area contributed by atoms with Crippen molar-refractivity contribution in [2.24, 2.45) is 0 Å². The Labute approximate surface area is 286 Å². The second-order valence-electron chi connectivity index (χ2n) is 13.7. The lowest BCUT2D eigenvalue weighted by Gasteiger charge is -2.19. The minimum absolute atomic E-state index is 0.0655.